The summed E-state index contributed by atoms with van der Waals surface area (Å²) in [5.41, 5.74) is 3.36. The fourth-order valence-corrected chi connectivity index (χ4v) is 4.38. The highest BCUT2D eigenvalue weighted by Crippen LogP contribution is 2.29. The number of aromatic nitrogens is 3. The van der Waals surface area contributed by atoms with Crippen LogP contribution in [-0.4, -0.2) is 21.9 Å². The molecule has 4 aromatic rings. The topological polar surface area (TPSA) is 70.2 Å². The molecule has 0 spiro atoms. The van der Waals surface area contributed by atoms with Gasteiger partial charge in [-0.3, -0.25) is 0 Å². The van der Waals surface area contributed by atoms with E-state index in [2.05, 4.69) is 34.7 Å². The van der Waals surface area contributed by atoms with E-state index in [1.807, 2.05) is 36.4 Å². The molecule has 0 unspecified atom stereocenters. The predicted octanol–water partition coefficient (Wildman–Crippen LogP) is 4.93. The summed E-state index contributed by atoms with van der Waals surface area (Å²) in [5, 5.41) is 10.6. The Balaban J connectivity index is 1.63. The summed E-state index contributed by atoms with van der Waals surface area (Å²) in [4.78, 5) is 12.1. The summed E-state index contributed by atoms with van der Waals surface area (Å²) >= 11 is 1.57. The molecule has 2 heterocycles. The zero-order valence-electron chi connectivity index (χ0n) is 17.2. The third-order valence-corrected chi connectivity index (χ3v) is 6.06. The number of thioether (sulfide) groups is 1. The number of ether oxygens (including phenoxy) is 1. The van der Waals surface area contributed by atoms with Crippen LogP contribution in [0.1, 0.15) is 25.0 Å². The fourth-order valence-electron chi connectivity index (χ4n) is 3.39. The number of hydrogen-bond acceptors (Lipinski definition) is 6. The minimum absolute atomic E-state index is 0.331. The second-order valence-electron chi connectivity index (χ2n) is 6.84. The van der Waals surface area contributed by atoms with Crippen LogP contribution >= 0.6 is 11.8 Å². The van der Waals surface area contributed by atoms with Crippen molar-refractivity contribution in [1.82, 2.24) is 14.8 Å². The Hall–Kier alpha value is -3.06. The van der Waals surface area contributed by atoms with Crippen LogP contribution in [0, 0.1) is 0 Å². The monoisotopic (exact) mass is 421 g/mol. The first-order valence-corrected chi connectivity index (χ1v) is 10.9. The average molecular weight is 422 g/mol. The van der Waals surface area contributed by atoms with Gasteiger partial charge in [-0.25, -0.2) is 4.79 Å². The van der Waals surface area contributed by atoms with E-state index in [9.17, 15) is 4.79 Å². The molecule has 0 bridgehead atoms. The zero-order chi connectivity index (χ0) is 21.1. The van der Waals surface area contributed by atoms with Crippen LogP contribution in [0.2, 0.25) is 0 Å². The first-order chi connectivity index (χ1) is 14.6. The van der Waals surface area contributed by atoms with Crippen molar-refractivity contribution in [3.05, 3.63) is 70.1 Å². The van der Waals surface area contributed by atoms with Gasteiger partial charge in [-0.15, -0.1) is 10.2 Å². The molecule has 0 aliphatic carbocycles. The maximum atomic E-state index is 12.1. The van der Waals surface area contributed by atoms with Gasteiger partial charge >= 0.3 is 5.63 Å². The van der Waals surface area contributed by atoms with Gasteiger partial charge in [-0.2, -0.15) is 0 Å². The third-order valence-electron chi connectivity index (χ3n) is 5.04. The summed E-state index contributed by atoms with van der Waals surface area (Å²) in [7, 11) is 1.65. The van der Waals surface area contributed by atoms with Gasteiger partial charge in [-0.05, 0) is 54.8 Å². The number of fused-ring (bicyclic) bond motifs is 1. The van der Waals surface area contributed by atoms with Gasteiger partial charge in [0.15, 0.2) is 11.0 Å². The lowest BCUT2D eigenvalue weighted by molar-refractivity contribution is 0.415. The van der Waals surface area contributed by atoms with Crippen LogP contribution in [-0.2, 0) is 18.7 Å². The molecule has 0 radical (unpaired) electrons. The average Bonchev–Trinajstić information content (AvgIpc) is 3.19. The Labute approximate surface area is 178 Å². The van der Waals surface area contributed by atoms with E-state index in [4.69, 9.17) is 9.15 Å². The van der Waals surface area contributed by atoms with Crippen molar-refractivity contribution in [3.63, 3.8) is 0 Å². The molecule has 0 saturated carbocycles. The number of nitrogens with zero attached hydrogens (tertiary/aromatic N) is 3. The van der Waals surface area contributed by atoms with Crippen LogP contribution in [0.4, 0.5) is 0 Å². The molecule has 0 N–H and O–H groups in total. The Kier molecular flexibility index (Phi) is 5.90. The Morgan fingerprint density at radius 3 is 2.57 bits per heavy atom. The molecule has 30 heavy (non-hydrogen) atoms. The molecular weight excluding hydrogens is 398 g/mol. The minimum Gasteiger partial charge on any atom is -0.497 e. The number of benzene rings is 2. The van der Waals surface area contributed by atoms with E-state index in [0.29, 0.717) is 11.3 Å². The number of methoxy groups -OCH3 is 1. The zero-order valence-corrected chi connectivity index (χ0v) is 18.0. The van der Waals surface area contributed by atoms with E-state index in [1.165, 1.54) is 0 Å². The highest BCUT2D eigenvalue weighted by atomic mass is 32.2. The SMILES string of the molecule is CCc1ccc2c(CSc3nnc(-c4ccc(OC)cc4)n3CC)cc(=O)oc2c1. The van der Waals surface area contributed by atoms with E-state index >= 15 is 0 Å². The van der Waals surface area contributed by atoms with Gasteiger partial charge in [0.25, 0.3) is 0 Å². The molecule has 154 valence electrons. The van der Waals surface area contributed by atoms with Crippen molar-refractivity contribution in [2.75, 3.05) is 7.11 Å². The standard InChI is InChI=1S/C23H23N3O3S/c1-4-15-6-11-19-17(13-21(27)29-20(19)12-15)14-30-23-25-24-22(26(23)5-2)16-7-9-18(28-3)10-8-16/h6-13H,4-5,14H2,1-3H3. The van der Waals surface area contributed by atoms with E-state index in [1.54, 1.807) is 24.9 Å². The molecule has 2 aromatic carbocycles. The number of hydrogen-bond donors (Lipinski definition) is 0. The second-order valence-corrected chi connectivity index (χ2v) is 7.78. The van der Waals surface area contributed by atoms with Crippen LogP contribution < -0.4 is 10.4 Å². The molecule has 0 fully saturated rings. The highest BCUT2D eigenvalue weighted by molar-refractivity contribution is 7.98. The van der Waals surface area contributed by atoms with E-state index < -0.39 is 0 Å². The van der Waals surface area contributed by atoms with Gasteiger partial charge < -0.3 is 13.7 Å². The summed E-state index contributed by atoms with van der Waals surface area (Å²) in [5.74, 6) is 2.22. The van der Waals surface area contributed by atoms with Crippen LogP contribution in [0.5, 0.6) is 5.75 Å². The van der Waals surface area contributed by atoms with Crippen LogP contribution in [0.3, 0.4) is 0 Å². The van der Waals surface area contributed by atoms with E-state index in [0.717, 1.165) is 51.8 Å². The molecule has 6 nitrogen and oxygen atoms in total. The molecule has 0 atom stereocenters. The Bertz CT molecular complexity index is 1230. The third kappa shape index (κ3) is 3.98. The molecule has 2 aromatic heterocycles. The van der Waals surface area contributed by atoms with Gasteiger partial charge in [0.1, 0.15) is 11.3 Å². The first kappa shape index (κ1) is 20.2. The van der Waals surface area contributed by atoms with Gasteiger partial charge in [-0.1, -0.05) is 30.8 Å². The summed E-state index contributed by atoms with van der Waals surface area (Å²) < 4.78 is 12.7. The molecule has 4 rings (SSSR count). The van der Waals surface area contributed by atoms with E-state index in [-0.39, 0.29) is 5.63 Å². The van der Waals surface area contributed by atoms with Crippen molar-refractivity contribution in [3.8, 4) is 17.1 Å². The largest absolute Gasteiger partial charge is 0.497 e. The van der Waals surface area contributed by atoms with Crippen molar-refractivity contribution in [1.29, 1.82) is 0 Å². The molecule has 7 heteroatoms. The lowest BCUT2D eigenvalue weighted by Gasteiger charge is -2.09. The van der Waals surface area contributed by atoms with Gasteiger partial charge in [0.05, 0.1) is 7.11 Å². The van der Waals surface area contributed by atoms with Gasteiger partial charge in [0.2, 0.25) is 0 Å². The summed E-state index contributed by atoms with van der Waals surface area (Å²) in [6, 6.07) is 15.4. The lowest BCUT2D eigenvalue weighted by atomic mass is 10.1. The normalized spacial score (nSPS) is 11.2. The number of aryl methyl sites for hydroxylation is 1. The smallest absolute Gasteiger partial charge is 0.336 e. The number of rotatable bonds is 7. The fraction of sp³-hybridized carbons (Fsp3) is 0.261. The maximum absolute atomic E-state index is 12.1. The molecule has 0 aliphatic heterocycles. The van der Waals surface area contributed by atoms with Crippen molar-refractivity contribution in [2.45, 2.75) is 37.7 Å². The molecular formula is C23H23N3O3S. The van der Waals surface area contributed by atoms with Crippen molar-refractivity contribution in [2.24, 2.45) is 0 Å². The predicted molar refractivity (Wildman–Crippen MR) is 119 cm³/mol. The van der Waals surface area contributed by atoms with Gasteiger partial charge in [0, 0.05) is 29.3 Å². The molecule has 0 saturated heterocycles. The molecule has 0 amide bonds. The summed E-state index contributed by atoms with van der Waals surface area (Å²) in [6.07, 6.45) is 0.895. The quantitative estimate of drug-likeness (QED) is 0.311. The summed E-state index contributed by atoms with van der Waals surface area (Å²) in [6.45, 7) is 4.89. The van der Waals surface area contributed by atoms with Crippen molar-refractivity contribution < 1.29 is 9.15 Å². The molecule has 0 aliphatic rings. The lowest BCUT2D eigenvalue weighted by Crippen LogP contribution is -2.02. The highest BCUT2D eigenvalue weighted by Gasteiger charge is 2.15. The maximum Gasteiger partial charge on any atom is 0.336 e. The van der Waals surface area contributed by atoms with Crippen molar-refractivity contribution >= 4 is 22.7 Å². The second kappa shape index (κ2) is 8.75. The van der Waals surface area contributed by atoms with Crippen LogP contribution in [0.15, 0.2) is 62.9 Å². The Morgan fingerprint density at radius 1 is 1.07 bits per heavy atom. The van der Waals surface area contributed by atoms with Crippen LogP contribution in [0.25, 0.3) is 22.4 Å². The Morgan fingerprint density at radius 2 is 1.87 bits per heavy atom. The minimum atomic E-state index is -0.331. The first-order valence-electron chi connectivity index (χ1n) is 9.89.